The third-order valence-electron chi connectivity index (χ3n) is 3.48. The van der Waals surface area contributed by atoms with E-state index in [2.05, 4.69) is 37.5 Å². The van der Waals surface area contributed by atoms with Crippen LogP contribution >= 0.6 is 23.2 Å². The van der Waals surface area contributed by atoms with E-state index in [0.29, 0.717) is 16.5 Å². The van der Waals surface area contributed by atoms with Gasteiger partial charge in [-0.2, -0.15) is 0 Å². The molecule has 0 spiro atoms. The molecule has 0 saturated heterocycles. The summed E-state index contributed by atoms with van der Waals surface area (Å²) in [4.78, 5) is 0. The molecule has 0 aliphatic carbocycles. The predicted molar refractivity (Wildman–Crippen MR) is 86.1 cm³/mol. The lowest BCUT2D eigenvalue weighted by Gasteiger charge is -2.20. The van der Waals surface area contributed by atoms with Gasteiger partial charge in [0.05, 0.1) is 6.04 Å². The SMILES string of the molecule is Cc1ccc(C)c(C(Cc2c(Cl)cccc2Cl)NN)c1. The first-order valence-electron chi connectivity index (χ1n) is 6.49. The van der Waals surface area contributed by atoms with E-state index in [4.69, 9.17) is 29.0 Å². The Morgan fingerprint density at radius 1 is 1.10 bits per heavy atom. The van der Waals surface area contributed by atoms with Gasteiger partial charge in [-0.3, -0.25) is 11.3 Å². The lowest BCUT2D eigenvalue weighted by atomic mass is 9.94. The topological polar surface area (TPSA) is 38.0 Å². The smallest absolute Gasteiger partial charge is 0.0504 e. The van der Waals surface area contributed by atoms with E-state index in [0.717, 1.165) is 5.56 Å². The molecular weight excluding hydrogens is 291 g/mol. The Labute approximate surface area is 129 Å². The number of benzene rings is 2. The van der Waals surface area contributed by atoms with E-state index in [1.165, 1.54) is 16.7 Å². The van der Waals surface area contributed by atoms with Crippen molar-refractivity contribution in [1.29, 1.82) is 0 Å². The first-order valence-corrected chi connectivity index (χ1v) is 7.24. The minimum Gasteiger partial charge on any atom is -0.271 e. The highest BCUT2D eigenvalue weighted by molar-refractivity contribution is 6.36. The summed E-state index contributed by atoms with van der Waals surface area (Å²) in [6, 6.07) is 11.9. The normalized spacial score (nSPS) is 12.4. The number of nitrogens with two attached hydrogens (primary N) is 1. The monoisotopic (exact) mass is 308 g/mol. The molecular formula is C16H18Cl2N2. The average molecular weight is 309 g/mol. The third kappa shape index (κ3) is 3.33. The summed E-state index contributed by atoms with van der Waals surface area (Å²) in [5, 5.41) is 1.34. The van der Waals surface area contributed by atoms with Crippen molar-refractivity contribution in [3.05, 3.63) is 68.7 Å². The van der Waals surface area contributed by atoms with Crippen molar-refractivity contribution >= 4 is 23.2 Å². The Hall–Kier alpha value is -1.06. The maximum atomic E-state index is 6.24. The fourth-order valence-electron chi connectivity index (χ4n) is 2.33. The fourth-order valence-corrected chi connectivity index (χ4v) is 2.88. The molecule has 4 heteroatoms. The Balaban J connectivity index is 2.36. The third-order valence-corrected chi connectivity index (χ3v) is 4.19. The van der Waals surface area contributed by atoms with E-state index in [9.17, 15) is 0 Å². The first kappa shape index (κ1) is 15.3. The van der Waals surface area contributed by atoms with Crippen molar-refractivity contribution in [1.82, 2.24) is 5.43 Å². The molecule has 0 aromatic heterocycles. The van der Waals surface area contributed by atoms with E-state index in [1.54, 1.807) is 0 Å². The molecule has 0 fully saturated rings. The Kier molecular flexibility index (Phi) is 5.06. The van der Waals surface area contributed by atoms with Gasteiger partial charge in [0, 0.05) is 10.0 Å². The van der Waals surface area contributed by atoms with Gasteiger partial charge in [-0.1, -0.05) is 53.0 Å². The van der Waals surface area contributed by atoms with Gasteiger partial charge in [-0.15, -0.1) is 0 Å². The summed E-state index contributed by atoms with van der Waals surface area (Å²) >= 11 is 12.5. The van der Waals surface area contributed by atoms with Crippen LogP contribution in [-0.2, 0) is 6.42 Å². The molecule has 0 amide bonds. The molecule has 0 bridgehead atoms. The molecule has 3 N–H and O–H groups in total. The molecule has 0 radical (unpaired) electrons. The predicted octanol–water partition coefficient (Wildman–Crippen LogP) is 4.36. The first-order chi connectivity index (χ1) is 9.52. The zero-order chi connectivity index (χ0) is 14.7. The van der Waals surface area contributed by atoms with Crippen LogP contribution < -0.4 is 11.3 Å². The minimum atomic E-state index is -0.0210. The standard InChI is InChI=1S/C16H18Cl2N2/c1-10-6-7-11(2)12(8-10)16(20-19)9-13-14(17)4-3-5-15(13)18/h3-8,16,20H,9,19H2,1-2H3. The van der Waals surface area contributed by atoms with Gasteiger partial charge in [0.25, 0.3) is 0 Å². The molecule has 2 aromatic carbocycles. The Morgan fingerprint density at radius 2 is 1.75 bits per heavy atom. The summed E-state index contributed by atoms with van der Waals surface area (Å²) in [5.74, 6) is 5.74. The molecule has 1 atom stereocenters. The second kappa shape index (κ2) is 6.59. The molecule has 2 aromatic rings. The maximum Gasteiger partial charge on any atom is 0.0504 e. The molecule has 0 heterocycles. The van der Waals surface area contributed by atoms with Crippen LogP contribution in [-0.4, -0.2) is 0 Å². The van der Waals surface area contributed by atoms with Crippen molar-refractivity contribution in [3.8, 4) is 0 Å². The quantitative estimate of drug-likeness (QED) is 0.650. The van der Waals surface area contributed by atoms with Gasteiger partial charge >= 0.3 is 0 Å². The largest absolute Gasteiger partial charge is 0.271 e. The fraction of sp³-hybridized carbons (Fsp3) is 0.250. The van der Waals surface area contributed by atoms with Crippen LogP contribution in [0.2, 0.25) is 10.0 Å². The number of hydrogen-bond acceptors (Lipinski definition) is 2. The zero-order valence-electron chi connectivity index (χ0n) is 11.6. The van der Waals surface area contributed by atoms with Crippen LogP contribution in [0, 0.1) is 13.8 Å². The minimum absolute atomic E-state index is 0.0210. The van der Waals surface area contributed by atoms with Gasteiger partial charge in [-0.05, 0) is 49.1 Å². The molecule has 1 unspecified atom stereocenters. The highest BCUT2D eigenvalue weighted by Crippen LogP contribution is 2.30. The van der Waals surface area contributed by atoms with Crippen molar-refractivity contribution in [2.75, 3.05) is 0 Å². The van der Waals surface area contributed by atoms with Crippen molar-refractivity contribution in [2.45, 2.75) is 26.3 Å². The summed E-state index contributed by atoms with van der Waals surface area (Å²) in [6.07, 6.45) is 0.652. The lowest BCUT2D eigenvalue weighted by molar-refractivity contribution is 0.549. The number of aryl methyl sites for hydroxylation is 2. The van der Waals surface area contributed by atoms with Crippen LogP contribution in [0.5, 0.6) is 0 Å². The zero-order valence-corrected chi connectivity index (χ0v) is 13.1. The van der Waals surface area contributed by atoms with Gasteiger partial charge < -0.3 is 0 Å². The molecule has 0 saturated carbocycles. The van der Waals surface area contributed by atoms with Crippen LogP contribution in [0.1, 0.15) is 28.3 Å². The van der Waals surface area contributed by atoms with E-state index < -0.39 is 0 Å². The highest BCUT2D eigenvalue weighted by atomic mass is 35.5. The Morgan fingerprint density at radius 3 is 2.35 bits per heavy atom. The molecule has 0 aliphatic rings. The Bertz CT molecular complexity index is 591. The highest BCUT2D eigenvalue weighted by Gasteiger charge is 2.16. The van der Waals surface area contributed by atoms with Crippen LogP contribution in [0.15, 0.2) is 36.4 Å². The van der Waals surface area contributed by atoms with Crippen LogP contribution in [0.4, 0.5) is 0 Å². The van der Waals surface area contributed by atoms with Gasteiger partial charge in [-0.25, -0.2) is 0 Å². The number of nitrogens with one attached hydrogen (secondary N) is 1. The van der Waals surface area contributed by atoms with E-state index >= 15 is 0 Å². The van der Waals surface area contributed by atoms with Gasteiger partial charge in [0.2, 0.25) is 0 Å². The van der Waals surface area contributed by atoms with Crippen molar-refractivity contribution in [3.63, 3.8) is 0 Å². The number of halogens is 2. The molecule has 0 aliphatic heterocycles. The van der Waals surface area contributed by atoms with Crippen molar-refractivity contribution < 1.29 is 0 Å². The van der Waals surface area contributed by atoms with E-state index in [1.807, 2.05) is 18.2 Å². The maximum absolute atomic E-state index is 6.24. The molecule has 106 valence electrons. The summed E-state index contributed by atoms with van der Waals surface area (Å²) in [6.45, 7) is 4.15. The molecule has 2 rings (SSSR count). The second-order valence-corrected chi connectivity index (χ2v) is 5.80. The number of rotatable bonds is 4. The lowest BCUT2D eigenvalue weighted by Crippen LogP contribution is -2.30. The second-order valence-electron chi connectivity index (χ2n) is 4.98. The van der Waals surface area contributed by atoms with Crippen molar-refractivity contribution in [2.24, 2.45) is 5.84 Å². The number of hydrazine groups is 1. The molecule has 2 nitrogen and oxygen atoms in total. The average Bonchev–Trinajstić information content (AvgIpc) is 2.42. The van der Waals surface area contributed by atoms with E-state index in [-0.39, 0.29) is 6.04 Å². The number of hydrogen-bond donors (Lipinski definition) is 2. The molecule has 20 heavy (non-hydrogen) atoms. The summed E-state index contributed by atoms with van der Waals surface area (Å²) in [7, 11) is 0. The van der Waals surface area contributed by atoms with Gasteiger partial charge in [0.15, 0.2) is 0 Å². The summed E-state index contributed by atoms with van der Waals surface area (Å²) in [5.41, 5.74) is 7.36. The van der Waals surface area contributed by atoms with Crippen LogP contribution in [0.25, 0.3) is 0 Å². The van der Waals surface area contributed by atoms with Gasteiger partial charge in [0.1, 0.15) is 0 Å². The summed E-state index contributed by atoms with van der Waals surface area (Å²) < 4.78 is 0. The van der Waals surface area contributed by atoms with Crippen LogP contribution in [0.3, 0.4) is 0 Å².